The van der Waals surface area contributed by atoms with Gasteiger partial charge in [-0.15, -0.1) is 0 Å². The van der Waals surface area contributed by atoms with Crippen molar-refractivity contribution in [2.75, 3.05) is 13.7 Å². The van der Waals surface area contributed by atoms with E-state index in [1.54, 1.807) is 7.05 Å². The van der Waals surface area contributed by atoms with Crippen molar-refractivity contribution in [2.24, 2.45) is 0 Å². The fourth-order valence-electron chi connectivity index (χ4n) is 1.23. The normalized spacial score (nSPS) is 11.7. The molecule has 0 unspecified atom stereocenters. The molecule has 1 rings (SSSR count). The van der Waals surface area contributed by atoms with E-state index in [2.05, 4.69) is 5.32 Å². The summed E-state index contributed by atoms with van der Waals surface area (Å²) in [6.45, 7) is 0.195. The molecule has 0 atom stereocenters. The molecule has 0 saturated heterocycles. The maximum absolute atomic E-state index is 13.5. The Balaban J connectivity index is 2.86. The van der Waals surface area contributed by atoms with Crippen LogP contribution >= 0.6 is 23.2 Å². The van der Waals surface area contributed by atoms with Crippen LogP contribution < -0.4 is 10.1 Å². The topological polar surface area (TPSA) is 21.3 Å². The summed E-state index contributed by atoms with van der Waals surface area (Å²) < 4.78 is 31.9. The van der Waals surface area contributed by atoms with Gasteiger partial charge in [-0.2, -0.15) is 0 Å². The van der Waals surface area contributed by atoms with Crippen LogP contribution in [0.5, 0.6) is 5.75 Å². The van der Waals surface area contributed by atoms with Gasteiger partial charge in [0.2, 0.25) is 0 Å². The lowest BCUT2D eigenvalue weighted by Gasteiger charge is -2.09. The van der Waals surface area contributed by atoms with Crippen molar-refractivity contribution in [3.63, 3.8) is 0 Å². The van der Waals surface area contributed by atoms with Crippen molar-refractivity contribution in [1.29, 1.82) is 0 Å². The Labute approximate surface area is 108 Å². The molecule has 0 heterocycles. The number of hydrogen-bond acceptors (Lipinski definition) is 2. The lowest BCUT2D eigenvalue weighted by atomic mass is 10.2. The van der Waals surface area contributed by atoms with E-state index in [4.69, 9.17) is 27.9 Å². The smallest absolute Gasteiger partial charge is 0.191 e. The summed E-state index contributed by atoms with van der Waals surface area (Å²) in [5.41, 5.74) is 1.57. The van der Waals surface area contributed by atoms with Crippen molar-refractivity contribution in [3.05, 3.63) is 39.9 Å². The predicted molar refractivity (Wildman–Crippen MR) is 64.4 cm³/mol. The minimum Gasteiger partial charge on any atom is -0.482 e. The molecule has 0 aliphatic rings. The molecule has 1 N–H and O–H groups in total. The Morgan fingerprint density at radius 2 is 2.00 bits per heavy atom. The lowest BCUT2D eigenvalue weighted by molar-refractivity contribution is 0.317. The third-order valence-electron chi connectivity index (χ3n) is 1.91. The minimum atomic E-state index is -0.769. The van der Waals surface area contributed by atoms with Crippen LogP contribution in [0, 0.1) is 11.6 Å². The highest BCUT2D eigenvalue weighted by atomic mass is 35.5. The Bertz CT molecular complexity index is 401. The molecule has 0 radical (unpaired) electrons. The Morgan fingerprint density at radius 3 is 2.47 bits per heavy atom. The molecule has 0 aromatic heterocycles. The summed E-state index contributed by atoms with van der Waals surface area (Å²) in [6, 6.07) is 2.40. The summed E-state index contributed by atoms with van der Waals surface area (Å²) in [4.78, 5) is 0. The number of benzene rings is 1. The molecule has 0 bridgehead atoms. The second-order valence-electron chi connectivity index (χ2n) is 3.26. The van der Waals surface area contributed by atoms with E-state index in [9.17, 15) is 8.78 Å². The van der Waals surface area contributed by atoms with E-state index >= 15 is 0 Å². The molecule has 1 aromatic rings. The van der Waals surface area contributed by atoms with Gasteiger partial charge in [-0.25, -0.2) is 8.78 Å². The molecule has 0 amide bonds. The molecule has 94 valence electrons. The van der Waals surface area contributed by atoms with Crippen molar-refractivity contribution < 1.29 is 13.5 Å². The second kappa shape index (κ2) is 6.79. The van der Waals surface area contributed by atoms with Gasteiger partial charge in [0.25, 0.3) is 0 Å². The van der Waals surface area contributed by atoms with Crippen LogP contribution in [-0.2, 0) is 6.54 Å². The van der Waals surface area contributed by atoms with Crippen LogP contribution in [0.15, 0.2) is 22.7 Å². The zero-order chi connectivity index (χ0) is 12.8. The molecule has 1 aromatic carbocycles. The summed E-state index contributed by atoms with van der Waals surface area (Å²) >= 11 is 10.8. The van der Waals surface area contributed by atoms with Gasteiger partial charge in [-0.3, -0.25) is 0 Å². The fraction of sp³-hybridized carbons (Fsp3) is 0.273. The molecule has 2 nitrogen and oxygen atoms in total. The molecule has 0 saturated carbocycles. The van der Waals surface area contributed by atoms with E-state index in [-0.39, 0.29) is 11.6 Å². The van der Waals surface area contributed by atoms with E-state index in [0.717, 1.165) is 5.54 Å². The van der Waals surface area contributed by atoms with Crippen molar-refractivity contribution >= 4 is 23.2 Å². The minimum absolute atomic E-state index is 0.157. The van der Waals surface area contributed by atoms with Crippen molar-refractivity contribution in [1.82, 2.24) is 5.32 Å². The van der Waals surface area contributed by atoms with Gasteiger partial charge in [0.05, 0.1) is 5.03 Å². The average molecular weight is 282 g/mol. The largest absolute Gasteiger partial charge is 0.482 e. The van der Waals surface area contributed by atoms with Gasteiger partial charge >= 0.3 is 0 Å². The van der Waals surface area contributed by atoms with Gasteiger partial charge in [0.1, 0.15) is 6.61 Å². The zero-order valence-corrected chi connectivity index (χ0v) is 10.6. The third kappa shape index (κ3) is 4.15. The van der Waals surface area contributed by atoms with Crippen LogP contribution in [0.2, 0.25) is 0 Å². The SMILES string of the molecule is CNCc1cc(F)c(OCC(Cl)=CCl)c(F)c1. The molecule has 0 spiro atoms. The highest BCUT2D eigenvalue weighted by molar-refractivity contribution is 6.36. The maximum atomic E-state index is 13.5. The Kier molecular flexibility index (Phi) is 5.68. The van der Waals surface area contributed by atoms with Crippen LogP contribution in [0.25, 0.3) is 0 Å². The molecular formula is C11H11Cl2F2NO. The van der Waals surface area contributed by atoms with Gasteiger partial charge in [0, 0.05) is 12.1 Å². The molecule has 6 heteroatoms. The first-order valence-electron chi connectivity index (χ1n) is 4.78. The number of halogens is 4. The summed E-state index contributed by atoms with van der Waals surface area (Å²) in [7, 11) is 1.69. The Hall–Kier alpha value is -0.840. The number of rotatable bonds is 5. The number of ether oxygens (including phenoxy) is 1. The van der Waals surface area contributed by atoms with E-state index < -0.39 is 17.4 Å². The molecule has 0 aliphatic carbocycles. The Morgan fingerprint density at radius 1 is 1.41 bits per heavy atom. The summed E-state index contributed by atoms with van der Waals surface area (Å²) in [6.07, 6.45) is 0. The number of hydrogen-bond donors (Lipinski definition) is 1. The van der Waals surface area contributed by atoms with Crippen LogP contribution in [0.4, 0.5) is 8.78 Å². The highest BCUT2D eigenvalue weighted by Gasteiger charge is 2.12. The van der Waals surface area contributed by atoms with Gasteiger partial charge < -0.3 is 10.1 Å². The molecule has 17 heavy (non-hydrogen) atoms. The third-order valence-corrected chi connectivity index (χ3v) is 2.51. The highest BCUT2D eigenvalue weighted by Crippen LogP contribution is 2.24. The molecule has 0 aliphatic heterocycles. The average Bonchev–Trinajstić information content (AvgIpc) is 2.28. The quantitative estimate of drug-likeness (QED) is 0.893. The molecule has 0 fully saturated rings. The first-order chi connectivity index (χ1) is 8.08. The monoisotopic (exact) mass is 281 g/mol. The first-order valence-corrected chi connectivity index (χ1v) is 5.60. The van der Waals surface area contributed by atoms with Crippen LogP contribution in [0.1, 0.15) is 5.56 Å². The van der Waals surface area contributed by atoms with Crippen LogP contribution in [0.3, 0.4) is 0 Å². The van der Waals surface area contributed by atoms with Gasteiger partial charge in [-0.05, 0) is 24.7 Å². The summed E-state index contributed by atoms with van der Waals surface area (Å²) in [5.74, 6) is -2.00. The predicted octanol–water partition coefficient (Wildman–Crippen LogP) is 3.38. The van der Waals surface area contributed by atoms with Gasteiger partial charge in [0.15, 0.2) is 17.4 Å². The zero-order valence-electron chi connectivity index (χ0n) is 9.07. The van der Waals surface area contributed by atoms with E-state index in [1.807, 2.05) is 0 Å². The standard InChI is InChI=1S/C11H11Cl2F2NO/c1-16-5-7-2-9(14)11(10(15)3-7)17-6-8(13)4-12/h2-4,16H,5-6H2,1H3. The van der Waals surface area contributed by atoms with Crippen molar-refractivity contribution in [2.45, 2.75) is 6.54 Å². The van der Waals surface area contributed by atoms with Crippen molar-refractivity contribution in [3.8, 4) is 5.75 Å². The number of nitrogens with one attached hydrogen (secondary N) is 1. The first kappa shape index (κ1) is 14.2. The van der Waals surface area contributed by atoms with E-state index in [1.165, 1.54) is 12.1 Å². The maximum Gasteiger partial charge on any atom is 0.191 e. The fourth-order valence-corrected chi connectivity index (χ4v) is 1.35. The molecular weight excluding hydrogens is 271 g/mol. The second-order valence-corrected chi connectivity index (χ2v) is 3.97. The van der Waals surface area contributed by atoms with E-state index in [0.29, 0.717) is 12.1 Å². The lowest BCUT2D eigenvalue weighted by Crippen LogP contribution is -2.07. The van der Waals surface area contributed by atoms with Gasteiger partial charge in [-0.1, -0.05) is 23.2 Å². The summed E-state index contributed by atoms with van der Waals surface area (Å²) in [5, 5.41) is 2.95. The van der Waals surface area contributed by atoms with Crippen LogP contribution in [-0.4, -0.2) is 13.7 Å².